The van der Waals surface area contributed by atoms with Crippen molar-refractivity contribution < 1.29 is 10.1 Å². The van der Waals surface area contributed by atoms with Crippen LogP contribution in [-0.4, -0.2) is 19.7 Å². The van der Waals surface area contributed by atoms with E-state index >= 15 is 0 Å². The third kappa shape index (κ3) is 4.81. The molecule has 1 rings (SSSR count). The number of halogens is 1. The van der Waals surface area contributed by atoms with Crippen molar-refractivity contribution in [2.45, 2.75) is 13.3 Å². The molecule has 0 radical (unpaired) electrons. The Morgan fingerprint density at radius 3 is 3.00 bits per heavy atom. The minimum Gasteiger partial charge on any atom is -0.492 e. The summed E-state index contributed by atoms with van der Waals surface area (Å²) in [5, 5.41) is 2.22. The van der Waals surface area contributed by atoms with Gasteiger partial charge < -0.3 is 10.1 Å². The predicted molar refractivity (Wildman–Crippen MR) is 70.8 cm³/mol. The molecule has 0 aliphatic carbocycles. The van der Waals surface area contributed by atoms with Crippen LogP contribution >= 0.6 is 15.9 Å². The van der Waals surface area contributed by atoms with E-state index in [0.717, 1.165) is 36.3 Å². The predicted octanol–water partition coefficient (Wildman–Crippen LogP) is 2.28. The number of nitrogens with two attached hydrogens (primary N) is 1. The van der Waals surface area contributed by atoms with E-state index in [2.05, 4.69) is 46.9 Å². The smallest absolute Gasteiger partial charge is 0.133 e. The van der Waals surface area contributed by atoms with E-state index in [1.54, 1.807) is 0 Å². The quantitative estimate of drug-likeness (QED) is 0.603. The molecule has 88 valence electrons. The van der Waals surface area contributed by atoms with Crippen LogP contribution in [0.4, 0.5) is 0 Å². The van der Waals surface area contributed by atoms with Crippen LogP contribution in [0.15, 0.2) is 35.3 Å². The first-order chi connectivity index (χ1) is 7.74. The highest BCUT2D eigenvalue weighted by molar-refractivity contribution is 9.10. The normalized spacial score (nSPS) is 10.1. The SMILES string of the molecule is C=CC[NH2+]CCCOc1ccc(C)cc1Br. The molecular weight excluding hydrogens is 266 g/mol. The summed E-state index contributed by atoms with van der Waals surface area (Å²) in [6.45, 7) is 8.56. The maximum absolute atomic E-state index is 5.68. The van der Waals surface area contributed by atoms with Gasteiger partial charge in [-0.15, -0.1) is 0 Å². The molecule has 0 aliphatic heterocycles. The van der Waals surface area contributed by atoms with Crippen molar-refractivity contribution in [1.82, 2.24) is 0 Å². The summed E-state index contributed by atoms with van der Waals surface area (Å²) in [6.07, 6.45) is 2.96. The summed E-state index contributed by atoms with van der Waals surface area (Å²) in [5.41, 5.74) is 1.23. The summed E-state index contributed by atoms with van der Waals surface area (Å²) in [6, 6.07) is 6.13. The van der Waals surface area contributed by atoms with Gasteiger partial charge in [-0.05, 0) is 46.6 Å². The van der Waals surface area contributed by atoms with E-state index in [1.807, 2.05) is 12.1 Å². The van der Waals surface area contributed by atoms with Crippen LogP contribution in [0.2, 0.25) is 0 Å². The van der Waals surface area contributed by atoms with E-state index in [0.29, 0.717) is 0 Å². The van der Waals surface area contributed by atoms with Crippen molar-refractivity contribution in [1.29, 1.82) is 0 Å². The van der Waals surface area contributed by atoms with E-state index in [4.69, 9.17) is 4.74 Å². The van der Waals surface area contributed by atoms with Gasteiger partial charge in [0.05, 0.1) is 24.2 Å². The van der Waals surface area contributed by atoms with Crippen molar-refractivity contribution in [2.24, 2.45) is 0 Å². The second-order valence-electron chi connectivity index (χ2n) is 3.74. The van der Waals surface area contributed by atoms with Crippen LogP contribution in [0, 0.1) is 6.92 Å². The van der Waals surface area contributed by atoms with Crippen LogP contribution in [0.5, 0.6) is 5.75 Å². The van der Waals surface area contributed by atoms with Crippen LogP contribution in [-0.2, 0) is 0 Å². The van der Waals surface area contributed by atoms with Crippen LogP contribution in [0.3, 0.4) is 0 Å². The number of benzene rings is 1. The lowest BCUT2D eigenvalue weighted by molar-refractivity contribution is -0.646. The average Bonchev–Trinajstić information content (AvgIpc) is 2.26. The summed E-state index contributed by atoms with van der Waals surface area (Å²) in [7, 11) is 0. The molecule has 0 aromatic heterocycles. The number of hydrogen-bond acceptors (Lipinski definition) is 1. The molecule has 0 unspecified atom stereocenters. The van der Waals surface area contributed by atoms with Crippen LogP contribution in [0.25, 0.3) is 0 Å². The Hall–Kier alpha value is -0.800. The molecule has 1 aromatic rings. The number of rotatable bonds is 7. The first-order valence-corrected chi connectivity index (χ1v) is 6.35. The average molecular weight is 285 g/mol. The number of hydrogen-bond donors (Lipinski definition) is 1. The zero-order valence-electron chi connectivity index (χ0n) is 9.71. The van der Waals surface area contributed by atoms with Gasteiger partial charge in [0.25, 0.3) is 0 Å². The molecule has 2 nitrogen and oxygen atoms in total. The first kappa shape index (κ1) is 13.3. The van der Waals surface area contributed by atoms with Crippen LogP contribution < -0.4 is 10.1 Å². The molecule has 0 aliphatic rings. The highest BCUT2D eigenvalue weighted by Gasteiger charge is 2.00. The lowest BCUT2D eigenvalue weighted by Crippen LogP contribution is -2.84. The van der Waals surface area contributed by atoms with Gasteiger partial charge in [0.15, 0.2) is 0 Å². The summed E-state index contributed by atoms with van der Waals surface area (Å²) in [5.74, 6) is 0.925. The van der Waals surface area contributed by atoms with Gasteiger partial charge in [-0.1, -0.05) is 12.6 Å². The third-order valence-electron chi connectivity index (χ3n) is 2.23. The number of ether oxygens (including phenoxy) is 1. The van der Waals surface area contributed by atoms with Crippen LogP contribution in [0.1, 0.15) is 12.0 Å². The van der Waals surface area contributed by atoms with Gasteiger partial charge in [0.2, 0.25) is 0 Å². The zero-order valence-corrected chi connectivity index (χ0v) is 11.3. The molecular formula is C13H19BrNO+. The zero-order chi connectivity index (χ0) is 11.8. The molecule has 16 heavy (non-hydrogen) atoms. The number of aryl methyl sites for hydroxylation is 1. The van der Waals surface area contributed by atoms with Gasteiger partial charge in [0, 0.05) is 6.42 Å². The fourth-order valence-corrected chi connectivity index (χ4v) is 1.98. The minimum atomic E-state index is 0.759. The molecule has 0 fully saturated rings. The summed E-state index contributed by atoms with van der Waals surface area (Å²) in [4.78, 5) is 0. The third-order valence-corrected chi connectivity index (χ3v) is 2.85. The topological polar surface area (TPSA) is 25.8 Å². The van der Waals surface area contributed by atoms with Crippen molar-refractivity contribution >= 4 is 15.9 Å². The van der Waals surface area contributed by atoms with E-state index in [9.17, 15) is 0 Å². The Bertz CT molecular complexity index is 339. The second kappa shape index (κ2) is 7.47. The van der Waals surface area contributed by atoms with Gasteiger partial charge in [-0.25, -0.2) is 0 Å². The molecule has 0 amide bonds. The highest BCUT2D eigenvalue weighted by Crippen LogP contribution is 2.25. The summed E-state index contributed by atoms with van der Waals surface area (Å²) >= 11 is 3.50. The second-order valence-corrected chi connectivity index (χ2v) is 4.59. The Balaban J connectivity index is 2.24. The lowest BCUT2D eigenvalue weighted by Gasteiger charge is -2.08. The Kier molecular flexibility index (Phi) is 6.19. The van der Waals surface area contributed by atoms with E-state index < -0.39 is 0 Å². The molecule has 0 saturated carbocycles. The molecule has 0 heterocycles. The summed E-state index contributed by atoms with van der Waals surface area (Å²) < 4.78 is 6.71. The molecule has 0 atom stereocenters. The fraction of sp³-hybridized carbons (Fsp3) is 0.385. The largest absolute Gasteiger partial charge is 0.492 e. The van der Waals surface area contributed by atoms with Gasteiger partial charge in [-0.2, -0.15) is 0 Å². The molecule has 0 saturated heterocycles. The van der Waals surface area contributed by atoms with E-state index in [1.165, 1.54) is 5.56 Å². The van der Waals surface area contributed by atoms with Gasteiger partial charge in [0.1, 0.15) is 5.75 Å². The molecule has 0 spiro atoms. The van der Waals surface area contributed by atoms with Crippen molar-refractivity contribution in [3.05, 3.63) is 40.9 Å². The van der Waals surface area contributed by atoms with Gasteiger partial charge in [-0.3, -0.25) is 0 Å². The van der Waals surface area contributed by atoms with Crippen molar-refractivity contribution in [3.8, 4) is 5.75 Å². The lowest BCUT2D eigenvalue weighted by atomic mass is 10.2. The first-order valence-electron chi connectivity index (χ1n) is 5.55. The molecule has 3 heteroatoms. The Morgan fingerprint density at radius 2 is 2.31 bits per heavy atom. The number of quaternary nitrogens is 1. The molecule has 1 aromatic carbocycles. The van der Waals surface area contributed by atoms with E-state index in [-0.39, 0.29) is 0 Å². The minimum absolute atomic E-state index is 0.759. The monoisotopic (exact) mass is 284 g/mol. The maximum Gasteiger partial charge on any atom is 0.133 e. The Morgan fingerprint density at radius 1 is 1.50 bits per heavy atom. The molecule has 0 bridgehead atoms. The fourth-order valence-electron chi connectivity index (χ4n) is 1.37. The highest BCUT2D eigenvalue weighted by atomic mass is 79.9. The standard InChI is InChI=1S/C13H18BrNO/c1-3-7-15-8-4-9-16-13-6-5-11(2)10-12(13)14/h3,5-6,10,15H,1,4,7-9H2,2H3/p+1. The maximum atomic E-state index is 5.68. The van der Waals surface area contributed by atoms with Gasteiger partial charge >= 0.3 is 0 Å². The van der Waals surface area contributed by atoms with Crippen molar-refractivity contribution in [2.75, 3.05) is 19.7 Å². The molecule has 2 N–H and O–H groups in total. The van der Waals surface area contributed by atoms with Crippen molar-refractivity contribution in [3.63, 3.8) is 0 Å². The Labute approximate surface area is 106 Å².